The van der Waals surface area contributed by atoms with Gasteiger partial charge >= 0.3 is 12.2 Å². The van der Waals surface area contributed by atoms with Crippen molar-refractivity contribution < 1.29 is 33.8 Å². The van der Waals surface area contributed by atoms with Crippen LogP contribution < -0.4 is 5.32 Å². The van der Waals surface area contributed by atoms with Gasteiger partial charge in [0, 0.05) is 13.6 Å². The fourth-order valence-corrected chi connectivity index (χ4v) is 3.87. The SMILES string of the molecule is CC(O)C(NC(=O)OCc1ccccc1)C(=O)N(C)C(=O)C1CCCN1C(=O)OCc1ccccc1. The lowest BCUT2D eigenvalue weighted by Crippen LogP contribution is -2.57. The molecular weight excluding hydrogens is 466 g/mol. The number of rotatable bonds is 8. The number of hydrogen-bond acceptors (Lipinski definition) is 7. The van der Waals surface area contributed by atoms with E-state index in [9.17, 15) is 24.3 Å². The van der Waals surface area contributed by atoms with Gasteiger partial charge in [-0.2, -0.15) is 0 Å². The van der Waals surface area contributed by atoms with E-state index in [1.165, 1.54) is 18.9 Å². The first-order valence-corrected chi connectivity index (χ1v) is 11.7. The van der Waals surface area contributed by atoms with Crippen LogP contribution in [0, 0.1) is 0 Å². The zero-order valence-electron chi connectivity index (χ0n) is 20.3. The lowest BCUT2D eigenvalue weighted by atomic mass is 10.1. The third kappa shape index (κ3) is 7.05. The van der Waals surface area contributed by atoms with Gasteiger partial charge in [0.2, 0.25) is 0 Å². The van der Waals surface area contributed by atoms with E-state index >= 15 is 0 Å². The summed E-state index contributed by atoms with van der Waals surface area (Å²) in [5.41, 5.74) is 1.56. The number of carbonyl (C=O) groups excluding carboxylic acids is 4. The van der Waals surface area contributed by atoms with Gasteiger partial charge in [0.25, 0.3) is 11.8 Å². The number of aliphatic hydroxyl groups excluding tert-OH is 1. The van der Waals surface area contributed by atoms with E-state index in [4.69, 9.17) is 9.47 Å². The Morgan fingerprint density at radius 3 is 2.11 bits per heavy atom. The minimum Gasteiger partial charge on any atom is -0.445 e. The van der Waals surface area contributed by atoms with Crippen molar-refractivity contribution >= 4 is 24.0 Å². The number of likely N-dealkylation sites (tertiary alicyclic amines) is 1. The van der Waals surface area contributed by atoms with Crippen LogP contribution in [-0.4, -0.2) is 70.7 Å². The fourth-order valence-electron chi connectivity index (χ4n) is 3.87. The molecule has 0 aromatic heterocycles. The predicted molar refractivity (Wildman–Crippen MR) is 129 cm³/mol. The Bertz CT molecular complexity index is 1030. The molecule has 3 rings (SSSR count). The first-order valence-electron chi connectivity index (χ1n) is 11.7. The Morgan fingerprint density at radius 1 is 1.00 bits per heavy atom. The van der Waals surface area contributed by atoms with Crippen LogP contribution in [0.4, 0.5) is 9.59 Å². The highest BCUT2D eigenvalue weighted by atomic mass is 16.6. The molecule has 1 aliphatic heterocycles. The van der Waals surface area contributed by atoms with Crippen molar-refractivity contribution in [3.05, 3.63) is 71.8 Å². The van der Waals surface area contributed by atoms with Crippen LogP contribution in [0.1, 0.15) is 30.9 Å². The van der Waals surface area contributed by atoms with E-state index in [0.29, 0.717) is 19.4 Å². The maximum Gasteiger partial charge on any atom is 0.410 e. The Balaban J connectivity index is 1.58. The van der Waals surface area contributed by atoms with Gasteiger partial charge in [-0.25, -0.2) is 9.59 Å². The molecule has 10 nitrogen and oxygen atoms in total. The summed E-state index contributed by atoms with van der Waals surface area (Å²) < 4.78 is 10.5. The predicted octanol–water partition coefficient (Wildman–Crippen LogP) is 2.45. The van der Waals surface area contributed by atoms with Crippen LogP contribution in [0.2, 0.25) is 0 Å². The summed E-state index contributed by atoms with van der Waals surface area (Å²) in [4.78, 5) is 53.2. The molecule has 2 aromatic carbocycles. The Hall–Kier alpha value is -3.92. The number of benzene rings is 2. The van der Waals surface area contributed by atoms with Crippen molar-refractivity contribution in [2.75, 3.05) is 13.6 Å². The number of amides is 4. The third-order valence-corrected chi connectivity index (χ3v) is 5.87. The van der Waals surface area contributed by atoms with Crippen molar-refractivity contribution in [2.24, 2.45) is 0 Å². The standard InChI is InChI=1S/C26H31N3O7/c1-18(30)22(27-25(33)35-16-19-10-5-3-6-11-19)24(32)28(2)23(31)21-14-9-15-29(21)26(34)36-17-20-12-7-4-8-13-20/h3-8,10-13,18,21-22,30H,9,14-17H2,1-2H3,(H,27,33). The van der Waals surface area contributed by atoms with Crippen molar-refractivity contribution in [3.63, 3.8) is 0 Å². The number of imide groups is 1. The van der Waals surface area contributed by atoms with Crippen molar-refractivity contribution in [2.45, 2.75) is 51.2 Å². The maximum absolute atomic E-state index is 13.1. The number of nitrogens with one attached hydrogen (secondary N) is 1. The molecule has 0 aliphatic carbocycles. The smallest absolute Gasteiger partial charge is 0.410 e. The number of nitrogens with zero attached hydrogens (tertiary/aromatic N) is 2. The first-order chi connectivity index (χ1) is 17.3. The van der Waals surface area contributed by atoms with Crippen molar-refractivity contribution in [3.8, 4) is 0 Å². The lowest BCUT2D eigenvalue weighted by Gasteiger charge is -2.29. The average molecular weight is 498 g/mol. The Labute approximate surface area is 209 Å². The van der Waals surface area contributed by atoms with Crippen LogP contribution in [0.5, 0.6) is 0 Å². The summed E-state index contributed by atoms with van der Waals surface area (Å²) in [6, 6.07) is 15.8. The van der Waals surface area contributed by atoms with Crippen LogP contribution in [0.15, 0.2) is 60.7 Å². The molecule has 192 valence electrons. The highest BCUT2D eigenvalue weighted by Crippen LogP contribution is 2.21. The number of hydrogen-bond donors (Lipinski definition) is 2. The second-order valence-corrected chi connectivity index (χ2v) is 8.55. The number of likely N-dealkylation sites (N-methyl/N-ethyl adjacent to an activating group) is 1. The minimum atomic E-state index is -1.41. The van der Waals surface area contributed by atoms with E-state index < -0.39 is 42.2 Å². The van der Waals surface area contributed by atoms with Crippen molar-refractivity contribution in [1.82, 2.24) is 15.1 Å². The second-order valence-electron chi connectivity index (χ2n) is 8.55. The van der Waals surface area contributed by atoms with Gasteiger partial charge in [-0.05, 0) is 30.9 Å². The van der Waals surface area contributed by atoms with Crippen LogP contribution >= 0.6 is 0 Å². The van der Waals surface area contributed by atoms with E-state index in [0.717, 1.165) is 16.0 Å². The number of aliphatic hydroxyl groups is 1. The molecule has 1 aliphatic rings. The minimum absolute atomic E-state index is 0.0235. The van der Waals surface area contributed by atoms with E-state index in [1.807, 2.05) is 36.4 Å². The van der Waals surface area contributed by atoms with E-state index in [1.54, 1.807) is 24.3 Å². The molecule has 0 radical (unpaired) electrons. The van der Waals surface area contributed by atoms with Crippen molar-refractivity contribution in [1.29, 1.82) is 0 Å². The van der Waals surface area contributed by atoms with Gasteiger partial charge in [0.15, 0.2) is 0 Å². The summed E-state index contributed by atoms with van der Waals surface area (Å²) in [6.07, 6.45) is -1.92. The molecule has 0 bridgehead atoms. The van der Waals surface area contributed by atoms with Crippen LogP contribution in [-0.2, 0) is 32.3 Å². The summed E-state index contributed by atoms with van der Waals surface area (Å²) in [7, 11) is 1.25. The molecule has 1 saturated heterocycles. The maximum atomic E-state index is 13.1. The van der Waals surface area contributed by atoms with E-state index in [-0.39, 0.29) is 13.2 Å². The zero-order valence-corrected chi connectivity index (χ0v) is 20.3. The first kappa shape index (κ1) is 26.7. The highest BCUT2D eigenvalue weighted by molar-refractivity contribution is 6.01. The number of alkyl carbamates (subject to hydrolysis) is 1. The molecule has 36 heavy (non-hydrogen) atoms. The second kappa shape index (κ2) is 12.7. The zero-order chi connectivity index (χ0) is 26.1. The highest BCUT2D eigenvalue weighted by Gasteiger charge is 2.40. The molecule has 4 amide bonds. The van der Waals surface area contributed by atoms with Gasteiger partial charge in [-0.3, -0.25) is 19.4 Å². The van der Waals surface area contributed by atoms with E-state index in [2.05, 4.69) is 5.32 Å². The molecule has 2 aromatic rings. The molecule has 0 spiro atoms. The van der Waals surface area contributed by atoms with Gasteiger partial charge in [0.1, 0.15) is 25.3 Å². The summed E-state index contributed by atoms with van der Waals surface area (Å²) >= 11 is 0. The molecule has 3 unspecified atom stereocenters. The third-order valence-electron chi connectivity index (χ3n) is 5.87. The molecule has 10 heteroatoms. The fraction of sp³-hybridized carbons (Fsp3) is 0.385. The number of carbonyl (C=O) groups is 4. The average Bonchev–Trinajstić information content (AvgIpc) is 3.39. The quantitative estimate of drug-likeness (QED) is 0.574. The number of ether oxygens (including phenoxy) is 2. The normalized spacial score (nSPS) is 16.5. The van der Waals surface area contributed by atoms with Crippen LogP contribution in [0.25, 0.3) is 0 Å². The molecule has 0 saturated carbocycles. The molecule has 1 heterocycles. The topological polar surface area (TPSA) is 125 Å². The molecular formula is C26H31N3O7. The molecule has 2 N–H and O–H groups in total. The Kier molecular flexibility index (Phi) is 9.40. The van der Waals surface area contributed by atoms with Gasteiger partial charge in [-0.15, -0.1) is 0 Å². The Morgan fingerprint density at radius 2 is 1.56 bits per heavy atom. The monoisotopic (exact) mass is 497 g/mol. The summed E-state index contributed by atoms with van der Waals surface area (Å²) in [6.45, 7) is 1.67. The van der Waals surface area contributed by atoms with Gasteiger partial charge in [0.05, 0.1) is 6.10 Å². The van der Waals surface area contributed by atoms with Crippen LogP contribution in [0.3, 0.4) is 0 Å². The van der Waals surface area contributed by atoms with Gasteiger partial charge in [-0.1, -0.05) is 60.7 Å². The molecule has 1 fully saturated rings. The molecule has 3 atom stereocenters. The summed E-state index contributed by atoms with van der Waals surface area (Å²) in [5.74, 6) is -1.45. The largest absolute Gasteiger partial charge is 0.445 e. The lowest BCUT2D eigenvalue weighted by molar-refractivity contribution is -0.148. The van der Waals surface area contributed by atoms with Gasteiger partial charge < -0.3 is 19.9 Å². The summed E-state index contributed by atoms with van der Waals surface area (Å²) in [5, 5.41) is 12.4.